The Morgan fingerprint density at radius 3 is 2.69 bits per heavy atom. The van der Waals surface area contributed by atoms with Gasteiger partial charge in [-0.25, -0.2) is 27.3 Å². The lowest BCUT2D eigenvalue weighted by Gasteiger charge is -2.33. The van der Waals surface area contributed by atoms with Gasteiger partial charge in [0.25, 0.3) is 10.0 Å². The lowest BCUT2D eigenvalue weighted by atomic mass is 9.91. The average molecular weight is 382 g/mol. The minimum Gasteiger partial charge on any atom is -0.444 e. The van der Waals surface area contributed by atoms with Crippen molar-refractivity contribution in [3.8, 4) is 0 Å². The molecular formula is C16H19FN4O4S. The van der Waals surface area contributed by atoms with Gasteiger partial charge in [-0.2, -0.15) is 0 Å². The molecule has 0 saturated carbocycles. The fraction of sp³-hybridized carbons (Fsp3) is 0.375. The van der Waals surface area contributed by atoms with Crippen molar-refractivity contribution in [3.05, 3.63) is 46.8 Å². The molecule has 2 aliphatic rings. The summed E-state index contributed by atoms with van der Waals surface area (Å²) in [5.41, 5.74) is -2.20. The Morgan fingerprint density at radius 1 is 1.35 bits per heavy atom. The zero-order chi connectivity index (χ0) is 19.2. The fourth-order valence-corrected chi connectivity index (χ4v) is 4.20. The van der Waals surface area contributed by atoms with Crippen LogP contribution in [-0.4, -0.2) is 32.6 Å². The largest absolute Gasteiger partial charge is 0.444 e. The Bertz CT molecular complexity index is 920. The summed E-state index contributed by atoms with van der Waals surface area (Å²) < 4.78 is 46.9. The number of amides is 1. The van der Waals surface area contributed by atoms with Gasteiger partial charge in [0.15, 0.2) is 0 Å². The van der Waals surface area contributed by atoms with Crippen LogP contribution in [0.2, 0.25) is 0 Å². The minimum atomic E-state index is -4.04. The molecule has 1 amide bonds. The average Bonchev–Trinajstić information content (AvgIpc) is 2.90. The third kappa shape index (κ3) is 3.24. The number of guanidine groups is 1. The SMILES string of the molecule is CC(C)(C)OC(=O)NC1=NC2(c3ccccc3F)CNC=C2S(=O)(=O)N1. The summed E-state index contributed by atoms with van der Waals surface area (Å²) in [6, 6.07) is 5.78. The van der Waals surface area contributed by atoms with Crippen molar-refractivity contribution in [1.82, 2.24) is 15.4 Å². The van der Waals surface area contributed by atoms with E-state index in [0.29, 0.717) is 0 Å². The molecule has 26 heavy (non-hydrogen) atoms. The second-order valence-corrected chi connectivity index (χ2v) is 8.57. The van der Waals surface area contributed by atoms with Gasteiger partial charge in [-0.15, -0.1) is 0 Å². The van der Waals surface area contributed by atoms with Crippen molar-refractivity contribution in [3.63, 3.8) is 0 Å². The first kappa shape index (κ1) is 18.2. The molecule has 1 aromatic carbocycles. The predicted molar refractivity (Wildman–Crippen MR) is 93.0 cm³/mol. The van der Waals surface area contributed by atoms with Crippen LogP contribution in [0.1, 0.15) is 26.3 Å². The number of fused-ring (bicyclic) bond motifs is 1. The molecule has 0 aromatic heterocycles. The fourth-order valence-electron chi connectivity index (χ4n) is 2.83. The molecule has 1 atom stereocenters. The van der Waals surface area contributed by atoms with Gasteiger partial charge in [-0.3, -0.25) is 5.32 Å². The van der Waals surface area contributed by atoms with E-state index in [1.807, 2.05) is 0 Å². The Kier molecular flexibility index (Phi) is 4.18. The predicted octanol–water partition coefficient (Wildman–Crippen LogP) is 1.28. The number of ether oxygens (including phenoxy) is 1. The number of sulfonamides is 1. The molecule has 0 spiro atoms. The van der Waals surface area contributed by atoms with E-state index < -0.39 is 33.1 Å². The van der Waals surface area contributed by atoms with E-state index in [1.54, 1.807) is 26.8 Å². The number of rotatable bonds is 1. The summed E-state index contributed by atoms with van der Waals surface area (Å²) in [6.45, 7) is 5.04. The van der Waals surface area contributed by atoms with Crippen LogP contribution in [-0.2, 0) is 20.3 Å². The number of hydrogen-bond acceptors (Lipinski definition) is 6. The smallest absolute Gasteiger partial charge is 0.414 e. The second-order valence-electron chi connectivity index (χ2n) is 6.92. The van der Waals surface area contributed by atoms with Gasteiger partial charge < -0.3 is 10.1 Å². The molecule has 10 heteroatoms. The number of hydrogen-bond donors (Lipinski definition) is 3. The Labute approximate surface area is 150 Å². The molecule has 0 saturated heterocycles. The first-order chi connectivity index (χ1) is 12.0. The van der Waals surface area contributed by atoms with Crippen molar-refractivity contribution < 1.29 is 22.3 Å². The van der Waals surface area contributed by atoms with Crippen molar-refractivity contribution in [2.24, 2.45) is 4.99 Å². The van der Waals surface area contributed by atoms with Crippen molar-refractivity contribution in [2.75, 3.05) is 6.54 Å². The van der Waals surface area contributed by atoms with Crippen molar-refractivity contribution >= 4 is 22.1 Å². The maximum absolute atomic E-state index is 14.4. The van der Waals surface area contributed by atoms with Crippen LogP contribution in [0.15, 0.2) is 40.4 Å². The third-order valence-corrected chi connectivity index (χ3v) is 5.26. The van der Waals surface area contributed by atoms with Crippen LogP contribution in [0.3, 0.4) is 0 Å². The molecule has 3 rings (SSSR count). The zero-order valence-electron chi connectivity index (χ0n) is 14.5. The summed E-state index contributed by atoms with van der Waals surface area (Å²) in [5.74, 6) is -0.928. The second kappa shape index (κ2) is 5.97. The maximum atomic E-state index is 14.4. The number of benzene rings is 1. The number of nitrogens with zero attached hydrogens (tertiary/aromatic N) is 1. The lowest BCUT2D eigenvalue weighted by Crippen LogP contribution is -2.53. The number of nitrogens with one attached hydrogen (secondary N) is 3. The Morgan fingerprint density at radius 2 is 2.04 bits per heavy atom. The monoisotopic (exact) mass is 382 g/mol. The van der Waals surface area contributed by atoms with Gasteiger partial charge in [-0.05, 0) is 26.8 Å². The molecule has 140 valence electrons. The van der Waals surface area contributed by atoms with E-state index >= 15 is 0 Å². The molecule has 8 nitrogen and oxygen atoms in total. The molecule has 2 heterocycles. The summed E-state index contributed by atoms with van der Waals surface area (Å²) in [7, 11) is -4.04. The van der Waals surface area contributed by atoms with E-state index in [1.165, 1.54) is 24.4 Å². The van der Waals surface area contributed by atoms with E-state index in [0.717, 1.165) is 0 Å². The van der Waals surface area contributed by atoms with Crippen LogP contribution >= 0.6 is 0 Å². The molecule has 0 fully saturated rings. The minimum absolute atomic E-state index is 0.0314. The van der Waals surface area contributed by atoms with Crippen LogP contribution in [0.5, 0.6) is 0 Å². The van der Waals surface area contributed by atoms with E-state index in [2.05, 4.69) is 20.3 Å². The third-order valence-electron chi connectivity index (χ3n) is 3.76. The first-order valence-electron chi connectivity index (χ1n) is 7.85. The number of carbonyl (C=O) groups is 1. The molecule has 0 aliphatic carbocycles. The summed E-state index contributed by atoms with van der Waals surface area (Å²) in [6.07, 6.45) is 0.406. The van der Waals surface area contributed by atoms with E-state index in [-0.39, 0.29) is 23.0 Å². The van der Waals surface area contributed by atoms with Crippen molar-refractivity contribution in [1.29, 1.82) is 0 Å². The van der Waals surface area contributed by atoms with Crippen LogP contribution < -0.4 is 15.4 Å². The molecule has 3 N–H and O–H groups in total. The van der Waals surface area contributed by atoms with Gasteiger partial charge in [0.1, 0.15) is 21.9 Å². The molecule has 1 aromatic rings. The number of halogens is 1. The molecule has 0 radical (unpaired) electrons. The Balaban J connectivity index is 2.05. The van der Waals surface area contributed by atoms with Crippen LogP contribution in [0, 0.1) is 5.82 Å². The van der Waals surface area contributed by atoms with Gasteiger partial charge >= 0.3 is 6.09 Å². The number of aliphatic imine (C=N–C) groups is 1. The van der Waals surface area contributed by atoms with Crippen LogP contribution in [0.25, 0.3) is 0 Å². The highest BCUT2D eigenvalue weighted by Crippen LogP contribution is 2.41. The first-order valence-corrected chi connectivity index (χ1v) is 9.34. The number of carbonyl (C=O) groups excluding carboxylic acids is 1. The Hall–Kier alpha value is -2.62. The van der Waals surface area contributed by atoms with Gasteiger partial charge in [0.2, 0.25) is 5.96 Å². The quantitative estimate of drug-likeness (QED) is 0.678. The standard InChI is InChI=1S/C16H19FN4O4S/c1-15(2,3)25-14(22)19-13-20-16(10-6-4-5-7-11(10)17)9-18-8-12(16)26(23,24)21-13/h4-8,18H,9H2,1-3H3,(H2,19,20,21,22). The molecule has 0 bridgehead atoms. The summed E-state index contributed by atoms with van der Waals surface area (Å²) in [4.78, 5) is 16.2. The maximum Gasteiger partial charge on any atom is 0.414 e. The normalized spacial score (nSPS) is 23.7. The molecule has 1 unspecified atom stereocenters. The topological polar surface area (TPSA) is 109 Å². The van der Waals surface area contributed by atoms with E-state index in [9.17, 15) is 17.6 Å². The van der Waals surface area contributed by atoms with Gasteiger partial charge in [0, 0.05) is 18.3 Å². The van der Waals surface area contributed by atoms with Crippen molar-refractivity contribution in [2.45, 2.75) is 31.9 Å². The summed E-state index contributed by atoms with van der Waals surface area (Å²) in [5, 5.41) is 5.08. The molecule has 2 aliphatic heterocycles. The highest BCUT2D eigenvalue weighted by molar-refractivity contribution is 7.94. The van der Waals surface area contributed by atoms with Gasteiger partial charge in [-0.1, -0.05) is 18.2 Å². The lowest BCUT2D eigenvalue weighted by molar-refractivity contribution is 0.0561. The van der Waals surface area contributed by atoms with Gasteiger partial charge in [0.05, 0.1) is 0 Å². The number of alkyl carbamates (subject to hydrolysis) is 1. The summed E-state index contributed by atoms with van der Waals surface area (Å²) >= 11 is 0. The van der Waals surface area contributed by atoms with Crippen LogP contribution in [0.4, 0.5) is 9.18 Å². The van der Waals surface area contributed by atoms with E-state index in [4.69, 9.17) is 4.74 Å². The molecular weight excluding hydrogens is 363 g/mol. The zero-order valence-corrected chi connectivity index (χ0v) is 15.3. The highest BCUT2D eigenvalue weighted by Gasteiger charge is 2.51. The highest BCUT2D eigenvalue weighted by atomic mass is 32.2.